The minimum absolute atomic E-state index is 0.0785. The van der Waals surface area contributed by atoms with E-state index in [1.54, 1.807) is 6.20 Å². The fourth-order valence-electron chi connectivity index (χ4n) is 6.73. The SMILES string of the molecule is CC(NC(=O)C1(c2ccccc2)CCC(CCC(=O)c2ccc(C3CCCS(=O)(=O)CC3)nc2)CC1)c1ccccc1. The highest BCUT2D eigenvalue weighted by Crippen LogP contribution is 2.43. The summed E-state index contributed by atoms with van der Waals surface area (Å²) >= 11 is 0. The number of ketones is 1. The van der Waals surface area contributed by atoms with Gasteiger partial charge in [-0.3, -0.25) is 14.6 Å². The third kappa shape index (κ3) is 7.17. The van der Waals surface area contributed by atoms with Gasteiger partial charge in [-0.1, -0.05) is 60.7 Å². The van der Waals surface area contributed by atoms with E-state index < -0.39 is 15.3 Å². The van der Waals surface area contributed by atoms with Gasteiger partial charge in [0.25, 0.3) is 0 Å². The van der Waals surface area contributed by atoms with Crippen LogP contribution >= 0.6 is 0 Å². The molecule has 1 saturated carbocycles. The molecule has 1 aliphatic carbocycles. The normalized spacial score (nSPS) is 24.7. The Morgan fingerprint density at radius 3 is 2.26 bits per heavy atom. The molecule has 1 aromatic heterocycles. The predicted molar refractivity (Wildman–Crippen MR) is 166 cm³/mol. The number of carbonyl (C=O) groups excluding carboxylic acids is 2. The van der Waals surface area contributed by atoms with E-state index in [2.05, 4.69) is 22.4 Å². The molecule has 2 atom stereocenters. The Morgan fingerprint density at radius 1 is 0.905 bits per heavy atom. The van der Waals surface area contributed by atoms with E-state index in [-0.39, 0.29) is 35.2 Å². The van der Waals surface area contributed by atoms with E-state index in [4.69, 9.17) is 0 Å². The Balaban J connectivity index is 1.18. The maximum atomic E-state index is 13.9. The van der Waals surface area contributed by atoms with Gasteiger partial charge in [0.1, 0.15) is 9.84 Å². The molecule has 2 unspecified atom stereocenters. The van der Waals surface area contributed by atoms with Gasteiger partial charge in [-0.05, 0) is 87.5 Å². The summed E-state index contributed by atoms with van der Waals surface area (Å²) in [6, 6.07) is 23.9. The van der Waals surface area contributed by atoms with E-state index in [0.29, 0.717) is 30.7 Å². The summed E-state index contributed by atoms with van der Waals surface area (Å²) in [6.45, 7) is 2.03. The zero-order valence-corrected chi connectivity index (χ0v) is 25.3. The Kier molecular flexibility index (Phi) is 9.57. The molecule has 1 aliphatic heterocycles. The van der Waals surface area contributed by atoms with Gasteiger partial charge in [0.05, 0.1) is 23.0 Å². The third-order valence-electron chi connectivity index (χ3n) is 9.46. The first kappa shape index (κ1) is 30.1. The monoisotopic (exact) mass is 586 g/mol. The van der Waals surface area contributed by atoms with Crippen LogP contribution in [-0.2, 0) is 20.0 Å². The van der Waals surface area contributed by atoms with Crippen LogP contribution in [-0.4, -0.2) is 36.6 Å². The van der Waals surface area contributed by atoms with E-state index >= 15 is 0 Å². The van der Waals surface area contributed by atoms with Crippen molar-refractivity contribution < 1.29 is 18.0 Å². The van der Waals surface area contributed by atoms with Crippen LogP contribution in [0.4, 0.5) is 0 Å². The Hall–Kier alpha value is -3.32. The van der Waals surface area contributed by atoms with Gasteiger partial charge in [-0.2, -0.15) is 0 Å². The first-order valence-electron chi connectivity index (χ1n) is 15.4. The molecule has 1 amide bonds. The molecule has 7 heteroatoms. The fourth-order valence-corrected chi connectivity index (χ4v) is 8.18. The molecular weight excluding hydrogens is 544 g/mol. The summed E-state index contributed by atoms with van der Waals surface area (Å²) in [5.41, 5.74) is 3.08. The van der Waals surface area contributed by atoms with Gasteiger partial charge in [0.2, 0.25) is 5.91 Å². The van der Waals surface area contributed by atoms with Crippen molar-refractivity contribution in [2.75, 3.05) is 11.5 Å². The van der Waals surface area contributed by atoms with E-state index in [1.807, 2.05) is 67.6 Å². The number of pyridine rings is 1. The molecule has 2 aromatic carbocycles. The largest absolute Gasteiger partial charge is 0.349 e. The number of amides is 1. The molecule has 0 bridgehead atoms. The summed E-state index contributed by atoms with van der Waals surface area (Å²) < 4.78 is 23.9. The number of Topliss-reactive ketones (excluding diaryl/α,β-unsaturated/α-hetero) is 1. The average molecular weight is 587 g/mol. The van der Waals surface area contributed by atoms with Crippen LogP contribution in [0.3, 0.4) is 0 Å². The van der Waals surface area contributed by atoms with E-state index in [1.165, 1.54) is 0 Å². The summed E-state index contributed by atoms with van der Waals surface area (Å²) in [5.74, 6) is 1.16. The number of nitrogens with zero attached hydrogens (tertiary/aromatic N) is 1. The van der Waals surface area contributed by atoms with Gasteiger partial charge in [0, 0.05) is 29.8 Å². The van der Waals surface area contributed by atoms with Crippen molar-refractivity contribution in [1.29, 1.82) is 0 Å². The average Bonchev–Trinajstić information content (AvgIpc) is 3.21. The second kappa shape index (κ2) is 13.3. The number of sulfone groups is 1. The number of hydrogen-bond acceptors (Lipinski definition) is 5. The first-order chi connectivity index (χ1) is 20.3. The maximum Gasteiger partial charge on any atom is 0.231 e. The van der Waals surface area contributed by atoms with Crippen LogP contribution in [0.25, 0.3) is 0 Å². The molecular formula is C35H42N2O4S. The predicted octanol–water partition coefficient (Wildman–Crippen LogP) is 6.73. The van der Waals surface area contributed by atoms with Crippen LogP contribution in [0.2, 0.25) is 0 Å². The standard InChI is InChI=1S/C35H42N2O4S/c1-26(28-9-4-2-5-10-28)37-34(39)35(31-12-6-3-7-13-31)21-18-27(19-22-35)14-17-33(38)30-15-16-32(36-25-30)29-11-8-23-42(40,41)24-20-29/h2-7,9-10,12-13,15-16,25-27,29H,8,11,14,17-24H2,1H3,(H,37,39). The number of nitrogens with one attached hydrogen (secondary N) is 1. The van der Waals surface area contributed by atoms with Crippen molar-refractivity contribution in [3.05, 3.63) is 101 Å². The summed E-state index contributed by atoms with van der Waals surface area (Å²) in [4.78, 5) is 31.5. The minimum Gasteiger partial charge on any atom is -0.349 e. The second-order valence-electron chi connectivity index (χ2n) is 12.2. The molecule has 6 nitrogen and oxygen atoms in total. The maximum absolute atomic E-state index is 13.9. The molecule has 0 radical (unpaired) electrons. The van der Waals surface area contributed by atoms with E-state index in [9.17, 15) is 18.0 Å². The molecule has 1 N–H and O–H groups in total. The molecule has 2 aliphatic rings. The number of aromatic nitrogens is 1. The fraction of sp³-hybridized carbons (Fsp3) is 0.457. The van der Waals surface area contributed by atoms with Crippen LogP contribution in [0.1, 0.15) is 104 Å². The topological polar surface area (TPSA) is 93.2 Å². The molecule has 2 heterocycles. The van der Waals surface area contributed by atoms with Crippen LogP contribution in [0.5, 0.6) is 0 Å². The second-order valence-corrected chi connectivity index (χ2v) is 14.5. The van der Waals surface area contributed by atoms with Crippen molar-refractivity contribution in [2.45, 2.75) is 82.1 Å². The lowest BCUT2D eigenvalue weighted by Gasteiger charge is -2.40. The molecule has 0 spiro atoms. The van der Waals surface area contributed by atoms with Crippen molar-refractivity contribution in [3.8, 4) is 0 Å². The number of carbonyl (C=O) groups is 2. The molecule has 222 valence electrons. The number of hydrogen-bond donors (Lipinski definition) is 1. The molecule has 2 fully saturated rings. The van der Waals surface area contributed by atoms with Crippen molar-refractivity contribution in [2.24, 2.45) is 5.92 Å². The van der Waals surface area contributed by atoms with Crippen LogP contribution < -0.4 is 5.32 Å². The molecule has 42 heavy (non-hydrogen) atoms. The van der Waals surface area contributed by atoms with E-state index in [0.717, 1.165) is 55.3 Å². The highest BCUT2D eigenvalue weighted by Gasteiger charge is 2.43. The number of benzene rings is 2. The lowest BCUT2D eigenvalue weighted by atomic mass is 9.65. The van der Waals surface area contributed by atoms with Gasteiger partial charge in [-0.25, -0.2) is 8.42 Å². The zero-order valence-electron chi connectivity index (χ0n) is 24.5. The van der Waals surface area contributed by atoms with Crippen molar-refractivity contribution in [1.82, 2.24) is 10.3 Å². The Labute approximate surface area is 250 Å². The van der Waals surface area contributed by atoms with Crippen molar-refractivity contribution in [3.63, 3.8) is 0 Å². The van der Waals surface area contributed by atoms with Crippen LogP contribution in [0.15, 0.2) is 79.0 Å². The van der Waals surface area contributed by atoms with Gasteiger partial charge >= 0.3 is 0 Å². The molecule has 3 aromatic rings. The smallest absolute Gasteiger partial charge is 0.231 e. The Morgan fingerprint density at radius 2 is 1.60 bits per heavy atom. The highest BCUT2D eigenvalue weighted by atomic mass is 32.2. The number of rotatable bonds is 9. The van der Waals surface area contributed by atoms with Crippen LogP contribution in [0, 0.1) is 5.92 Å². The minimum atomic E-state index is -2.95. The third-order valence-corrected chi connectivity index (χ3v) is 11.2. The Bertz CT molecular complexity index is 1450. The summed E-state index contributed by atoms with van der Waals surface area (Å²) in [5, 5.41) is 3.30. The molecule has 5 rings (SSSR count). The zero-order chi connectivity index (χ0) is 29.6. The van der Waals surface area contributed by atoms with Crippen molar-refractivity contribution >= 4 is 21.5 Å². The van der Waals surface area contributed by atoms with Gasteiger partial charge in [-0.15, -0.1) is 0 Å². The lowest BCUT2D eigenvalue weighted by Crippen LogP contribution is -2.47. The van der Waals surface area contributed by atoms with Gasteiger partial charge in [0.15, 0.2) is 5.78 Å². The highest BCUT2D eigenvalue weighted by molar-refractivity contribution is 7.91. The molecule has 1 saturated heterocycles. The summed E-state index contributed by atoms with van der Waals surface area (Å²) in [7, 11) is -2.95. The first-order valence-corrected chi connectivity index (χ1v) is 17.2. The quantitative estimate of drug-likeness (QED) is 0.281. The summed E-state index contributed by atoms with van der Waals surface area (Å²) in [6.07, 6.45) is 8.32. The lowest BCUT2D eigenvalue weighted by molar-refractivity contribution is -0.129. The van der Waals surface area contributed by atoms with Gasteiger partial charge < -0.3 is 5.32 Å².